The largest absolute Gasteiger partial charge is 0.321 e. The van der Waals surface area contributed by atoms with E-state index in [9.17, 15) is 4.39 Å². The molecule has 2 aromatic rings. The van der Waals surface area contributed by atoms with Gasteiger partial charge in [0, 0.05) is 5.54 Å². The number of hydrogen-bond acceptors (Lipinski definition) is 1. The number of rotatable bonds is 3. The van der Waals surface area contributed by atoms with E-state index in [2.05, 4.69) is 45.0 Å². The highest BCUT2D eigenvalue weighted by Gasteiger charge is 2.24. The van der Waals surface area contributed by atoms with Crippen LogP contribution in [0.15, 0.2) is 48.5 Å². The lowest BCUT2D eigenvalue weighted by Gasteiger charge is -2.27. The van der Waals surface area contributed by atoms with E-state index in [1.807, 2.05) is 13.0 Å². The van der Waals surface area contributed by atoms with E-state index >= 15 is 0 Å². The number of hydrogen-bond donors (Lipinski definition) is 1. The Morgan fingerprint density at radius 2 is 1.38 bits per heavy atom. The van der Waals surface area contributed by atoms with Gasteiger partial charge in [0.1, 0.15) is 5.82 Å². The van der Waals surface area contributed by atoms with Crippen LogP contribution in [0.2, 0.25) is 0 Å². The zero-order chi connectivity index (χ0) is 15.7. The third-order valence-corrected chi connectivity index (χ3v) is 3.93. The maximum Gasteiger partial charge on any atom is 0.126 e. The van der Waals surface area contributed by atoms with E-state index in [0.29, 0.717) is 12.0 Å². The fourth-order valence-electron chi connectivity index (χ4n) is 2.49. The van der Waals surface area contributed by atoms with Gasteiger partial charge in [-0.1, -0.05) is 63.2 Å². The van der Waals surface area contributed by atoms with E-state index < -0.39 is 5.54 Å². The Morgan fingerprint density at radius 3 is 1.90 bits per heavy atom. The second kappa shape index (κ2) is 5.61. The van der Waals surface area contributed by atoms with Crippen molar-refractivity contribution in [1.82, 2.24) is 0 Å². The lowest BCUT2D eigenvalue weighted by atomic mass is 9.82. The molecule has 1 unspecified atom stereocenters. The van der Waals surface area contributed by atoms with Crippen LogP contribution >= 0.6 is 0 Å². The smallest absolute Gasteiger partial charge is 0.126 e. The van der Waals surface area contributed by atoms with Crippen molar-refractivity contribution in [3.63, 3.8) is 0 Å². The molecule has 2 heteroatoms. The SMILES string of the molecule is CC(C)(C)c1ccc(C(C)(N)Cc2ccccc2F)cc1. The van der Waals surface area contributed by atoms with E-state index in [4.69, 9.17) is 5.73 Å². The molecule has 0 saturated carbocycles. The van der Waals surface area contributed by atoms with Gasteiger partial charge >= 0.3 is 0 Å². The third kappa shape index (κ3) is 3.70. The zero-order valence-electron chi connectivity index (χ0n) is 13.3. The summed E-state index contributed by atoms with van der Waals surface area (Å²) in [5.41, 5.74) is 8.92. The highest BCUT2D eigenvalue weighted by molar-refractivity contribution is 5.33. The molecular weight excluding hydrogens is 261 g/mol. The molecule has 0 bridgehead atoms. The summed E-state index contributed by atoms with van der Waals surface area (Å²) in [6.07, 6.45) is 0.481. The molecule has 2 rings (SSSR count). The topological polar surface area (TPSA) is 26.0 Å². The number of nitrogens with two attached hydrogens (primary N) is 1. The Kier molecular flexibility index (Phi) is 4.20. The Labute approximate surface area is 127 Å². The van der Waals surface area contributed by atoms with Crippen LogP contribution in [0, 0.1) is 5.82 Å². The molecule has 0 aromatic heterocycles. The average molecular weight is 285 g/mol. The van der Waals surface area contributed by atoms with Gasteiger partial charge in [0.15, 0.2) is 0 Å². The molecule has 0 saturated heterocycles. The molecule has 1 nitrogen and oxygen atoms in total. The van der Waals surface area contributed by atoms with Crippen molar-refractivity contribution < 1.29 is 4.39 Å². The first-order chi connectivity index (χ1) is 9.70. The van der Waals surface area contributed by atoms with Gasteiger partial charge in [0.05, 0.1) is 0 Å². The second-order valence-corrected chi connectivity index (χ2v) is 7.01. The van der Waals surface area contributed by atoms with Gasteiger partial charge in [-0.3, -0.25) is 0 Å². The van der Waals surface area contributed by atoms with E-state index in [-0.39, 0.29) is 11.2 Å². The molecule has 0 fully saturated rings. The first-order valence-corrected chi connectivity index (χ1v) is 7.33. The predicted octanol–water partition coefficient (Wildman–Crippen LogP) is 4.54. The standard InChI is InChI=1S/C19H24FN/c1-18(2,3)15-9-11-16(12-10-15)19(4,21)13-14-7-5-6-8-17(14)20/h5-12H,13,21H2,1-4H3. The first-order valence-electron chi connectivity index (χ1n) is 7.33. The lowest BCUT2D eigenvalue weighted by molar-refractivity contribution is 0.474. The van der Waals surface area contributed by atoms with Gasteiger partial charge in [-0.2, -0.15) is 0 Å². The van der Waals surface area contributed by atoms with Crippen LogP contribution in [0.3, 0.4) is 0 Å². The number of benzene rings is 2. The molecule has 0 aliphatic rings. The van der Waals surface area contributed by atoms with Crippen LogP contribution in [0.1, 0.15) is 44.4 Å². The average Bonchev–Trinajstić information content (AvgIpc) is 2.40. The Morgan fingerprint density at radius 1 is 0.857 bits per heavy atom. The van der Waals surface area contributed by atoms with Gasteiger partial charge in [-0.05, 0) is 41.5 Å². The summed E-state index contributed by atoms with van der Waals surface area (Å²) >= 11 is 0. The molecule has 0 aliphatic heterocycles. The summed E-state index contributed by atoms with van der Waals surface area (Å²) in [7, 11) is 0. The summed E-state index contributed by atoms with van der Waals surface area (Å²) in [5.74, 6) is -0.194. The van der Waals surface area contributed by atoms with Crippen molar-refractivity contribution in [2.75, 3.05) is 0 Å². The molecule has 0 spiro atoms. The molecule has 0 amide bonds. The van der Waals surface area contributed by atoms with Gasteiger partial charge < -0.3 is 5.73 Å². The minimum atomic E-state index is -0.585. The molecule has 1 atom stereocenters. The molecule has 2 N–H and O–H groups in total. The van der Waals surface area contributed by atoms with Crippen molar-refractivity contribution in [2.24, 2.45) is 5.73 Å². The van der Waals surface area contributed by atoms with E-state index in [1.165, 1.54) is 11.6 Å². The summed E-state index contributed by atoms with van der Waals surface area (Å²) in [4.78, 5) is 0. The van der Waals surface area contributed by atoms with Crippen LogP contribution in [0.5, 0.6) is 0 Å². The minimum absolute atomic E-state index is 0.120. The van der Waals surface area contributed by atoms with E-state index in [1.54, 1.807) is 12.1 Å². The third-order valence-electron chi connectivity index (χ3n) is 3.93. The van der Waals surface area contributed by atoms with E-state index in [0.717, 1.165) is 5.56 Å². The summed E-state index contributed by atoms with van der Waals surface area (Å²) in [5, 5.41) is 0. The highest BCUT2D eigenvalue weighted by Crippen LogP contribution is 2.27. The summed E-state index contributed by atoms with van der Waals surface area (Å²) < 4.78 is 13.8. The lowest BCUT2D eigenvalue weighted by Crippen LogP contribution is -2.35. The molecule has 0 heterocycles. The van der Waals surface area contributed by atoms with Gasteiger partial charge in [-0.25, -0.2) is 4.39 Å². The Hall–Kier alpha value is -1.67. The van der Waals surface area contributed by atoms with Crippen molar-refractivity contribution in [3.8, 4) is 0 Å². The van der Waals surface area contributed by atoms with Gasteiger partial charge in [-0.15, -0.1) is 0 Å². The zero-order valence-corrected chi connectivity index (χ0v) is 13.3. The molecular formula is C19H24FN. The van der Waals surface area contributed by atoms with Crippen LogP contribution in [0.25, 0.3) is 0 Å². The fourth-order valence-corrected chi connectivity index (χ4v) is 2.49. The Balaban J connectivity index is 2.25. The fraction of sp³-hybridized carbons (Fsp3) is 0.368. The monoisotopic (exact) mass is 285 g/mol. The molecule has 0 radical (unpaired) electrons. The van der Waals surface area contributed by atoms with Crippen molar-refractivity contribution in [3.05, 3.63) is 71.0 Å². The quantitative estimate of drug-likeness (QED) is 0.880. The molecule has 0 aliphatic carbocycles. The first kappa shape index (κ1) is 15.7. The predicted molar refractivity (Wildman–Crippen MR) is 86.8 cm³/mol. The summed E-state index contributed by atoms with van der Waals surface area (Å²) in [6.45, 7) is 8.50. The van der Waals surface area contributed by atoms with Crippen LogP contribution in [0.4, 0.5) is 4.39 Å². The van der Waals surface area contributed by atoms with Crippen LogP contribution < -0.4 is 5.73 Å². The molecule has 2 aromatic carbocycles. The van der Waals surface area contributed by atoms with Crippen molar-refractivity contribution >= 4 is 0 Å². The van der Waals surface area contributed by atoms with Crippen molar-refractivity contribution in [1.29, 1.82) is 0 Å². The maximum absolute atomic E-state index is 13.8. The van der Waals surface area contributed by atoms with Gasteiger partial charge in [0.25, 0.3) is 0 Å². The van der Waals surface area contributed by atoms with Gasteiger partial charge in [0.2, 0.25) is 0 Å². The van der Waals surface area contributed by atoms with Crippen LogP contribution in [-0.4, -0.2) is 0 Å². The minimum Gasteiger partial charge on any atom is -0.321 e. The summed E-state index contributed by atoms with van der Waals surface area (Å²) in [6, 6.07) is 15.2. The maximum atomic E-state index is 13.8. The molecule has 21 heavy (non-hydrogen) atoms. The van der Waals surface area contributed by atoms with Crippen LogP contribution in [-0.2, 0) is 17.4 Å². The normalized spacial score (nSPS) is 14.8. The molecule has 112 valence electrons. The number of halogens is 1. The Bertz CT molecular complexity index is 606. The highest BCUT2D eigenvalue weighted by atomic mass is 19.1. The second-order valence-electron chi connectivity index (χ2n) is 7.01. The van der Waals surface area contributed by atoms with Crippen molar-refractivity contribution in [2.45, 2.75) is 45.1 Å².